The number of hydrogen-bond donors (Lipinski definition) is 1. The number of benzene rings is 1. The van der Waals surface area contributed by atoms with E-state index in [4.69, 9.17) is 0 Å². The Morgan fingerprint density at radius 1 is 1.21 bits per heavy atom. The van der Waals surface area contributed by atoms with Gasteiger partial charge in [-0.1, -0.05) is 35.5 Å². The standard InChI is InChI=1S/C20H21N5O3/c1-12-15(11-14-7-4-3-5-8-14)19(26)22-18(21-12)16-9-6-10-25(16)20(27)17-13(2)23-28-24-17/h3-5,7-8,16H,6,9-11H2,1-2H3,(H,21,22,26). The molecule has 2 aromatic heterocycles. The molecule has 3 aromatic rings. The van der Waals surface area contributed by atoms with Crippen molar-refractivity contribution < 1.29 is 9.42 Å². The van der Waals surface area contributed by atoms with Crippen molar-refractivity contribution in [1.29, 1.82) is 0 Å². The van der Waals surface area contributed by atoms with Crippen molar-refractivity contribution in [1.82, 2.24) is 25.2 Å². The third kappa shape index (κ3) is 3.33. The minimum atomic E-state index is -0.291. The van der Waals surface area contributed by atoms with Crippen molar-refractivity contribution in [2.75, 3.05) is 6.54 Å². The van der Waals surface area contributed by atoms with Gasteiger partial charge in [-0.25, -0.2) is 9.61 Å². The number of nitrogens with one attached hydrogen (secondary N) is 1. The van der Waals surface area contributed by atoms with Crippen molar-refractivity contribution >= 4 is 5.91 Å². The second kappa shape index (κ2) is 7.38. The van der Waals surface area contributed by atoms with Gasteiger partial charge in [0.2, 0.25) is 0 Å². The normalized spacial score (nSPS) is 16.5. The molecular formula is C20H21N5O3. The van der Waals surface area contributed by atoms with E-state index in [2.05, 4.69) is 24.9 Å². The Labute approximate surface area is 161 Å². The number of aromatic amines is 1. The molecule has 1 aliphatic rings. The summed E-state index contributed by atoms with van der Waals surface area (Å²) in [6.07, 6.45) is 2.08. The van der Waals surface area contributed by atoms with E-state index in [-0.39, 0.29) is 23.2 Å². The highest BCUT2D eigenvalue weighted by Gasteiger charge is 2.35. The molecule has 0 saturated carbocycles. The summed E-state index contributed by atoms with van der Waals surface area (Å²) in [7, 11) is 0. The fourth-order valence-electron chi connectivity index (χ4n) is 3.65. The molecule has 1 N–H and O–H groups in total. The van der Waals surface area contributed by atoms with E-state index in [1.807, 2.05) is 37.3 Å². The van der Waals surface area contributed by atoms with Gasteiger partial charge in [-0.3, -0.25) is 9.59 Å². The van der Waals surface area contributed by atoms with Crippen molar-refractivity contribution in [3.8, 4) is 0 Å². The summed E-state index contributed by atoms with van der Waals surface area (Å²) in [5.41, 5.74) is 2.86. The number of carbonyl (C=O) groups excluding carboxylic acids is 1. The first-order chi connectivity index (χ1) is 13.5. The number of rotatable bonds is 4. The molecule has 0 aliphatic carbocycles. The summed E-state index contributed by atoms with van der Waals surface area (Å²) in [4.78, 5) is 34.8. The van der Waals surface area contributed by atoms with Gasteiger partial charge < -0.3 is 9.88 Å². The van der Waals surface area contributed by atoms with Gasteiger partial charge in [-0.15, -0.1) is 0 Å². The molecule has 1 amide bonds. The summed E-state index contributed by atoms with van der Waals surface area (Å²) in [5, 5.41) is 7.39. The lowest BCUT2D eigenvalue weighted by Crippen LogP contribution is -2.33. The second-order valence-electron chi connectivity index (χ2n) is 7.03. The Bertz CT molecular complexity index is 1060. The summed E-state index contributed by atoms with van der Waals surface area (Å²) in [6, 6.07) is 9.52. The molecule has 28 heavy (non-hydrogen) atoms. The van der Waals surface area contributed by atoms with Crippen molar-refractivity contribution in [3.63, 3.8) is 0 Å². The van der Waals surface area contributed by atoms with E-state index >= 15 is 0 Å². The molecule has 1 saturated heterocycles. The molecule has 0 bridgehead atoms. The fourth-order valence-corrected chi connectivity index (χ4v) is 3.65. The van der Waals surface area contributed by atoms with Crippen LogP contribution in [-0.4, -0.2) is 37.6 Å². The van der Waals surface area contributed by atoms with Gasteiger partial charge in [0.1, 0.15) is 11.5 Å². The van der Waals surface area contributed by atoms with E-state index in [1.165, 1.54) is 0 Å². The predicted molar refractivity (Wildman–Crippen MR) is 101 cm³/mol. The van der Waals surface area contributed by atoms with E-state index < -0.39 is 0 Å². The lowest BCUT2D eigenvalue weighted by atomic mass is 10.0. The molecule has 4 rings (SSSR count). The maximum absolute atomic E-state index is 12.8. The molecule has 8 heteroatoms. The first-order valence-corrected chi connectivity index (χ1v) is 9.28. The Balaban J connectivity index is 1.63. The van der Waals surface area contributed by atoms with E-state index in [0.29, 0.717) is 35.7 Å². The highest BCUT2D eigenvalue weighted by Crippen LogP contribution is 2.31. The summed E-state index contributed by atoms with van der Waals surface area (Å²) in [5.74, 6) is 0.259. The van der Waals surface area contributed by atoms with Crippen LogP contribution in [0, 0.1) is 13.8 Å². The van der Waals surface area contributed by atoms with Crippen molar-refractivity contribution in [3.05, 3.63) is 74.7 Å². The summed E-state index contributed by atoms with van der Waals surface area (Å²) >= 11 is 0. The van der Waals surface area contributed by atoms with Crippen LogP contribution in [0.1, 0.15) is 57.7 Å². The quantitative estimate of drug-likeness (QED) is 0.746. The number of aromatic nitrogens is 4. The van der Waals surface area contributed by atoms with Gasteiger partial charge in [0.05, 0.1) is 6.04 Å². The third-order valence-corrected chi connectivity index (χ3v) is 5.15. The molecular weight excluding hydrogens is 358 g/mol. The number of hydrogen-bond acceptors (Lipinski definition) is 6. The molecule has 0 radical (unpaired) electrons. The zero-order valence-electron chi connectivity index (χ0n) is 15.8. The second-order valence-corrected chi connectivity index (χ2v) is 7.03. The lowest BCUT2D eigenvalue weighted by Gasteiger charge is -2.23. The molecule has 1 aromatic carbocycles. The average Bonchev–Trinajstić information content (AvgIpc) is 3.34. The number of nitrogens with zero attached hydrogens (tertiary/aromatic N) is 4. The topological polar surface area (TPSA) is 105 Å². The monoisotopic (exact) mass is 379 g/mol. The minimum Gasteiger partial charge on any atom is -0.327 e. The summed E-state index contributed by atoms with van der Waals surface area (Å²) in [6.45, 7) is 4.09. The van der Waals surface area contributed by atoms with Gasteiger partial charge >= 0.3 is 0 Å². The van der Waals surface area contributed by atoms with Crippen LogP contribution in [0.4, 0.5) is 0 Å². The van der Waals surface area contributed by atoms with Crippen molar-refractivity contribution in [2.45, 2.75) is 39.2 Å². The van der Waals surface area contributed by atoms with E-state index in [0.717, 1.165) is 18.4 Å². The Morgan fingerprint density at radius 3 is 2.68 bits per heavy atom. The molecule has 144 valence electrons. The Kier molecular flexibility index (Phi) is 4.77. The minimum absolute atomic E-state index is 0.162. The van der Waals surface area contributed by atoms with Gasteiger partial charge in [0.25, 0.3) is 11.5 Å². The van der Waals surface area contributed by atoms with Gasteiger partial charge in [-0.2, -0.15) is 0 Å². The molecule has 1 unspecified atom stereocenters. The lowest BCUT2D eigenvalue weighted by molar-refractivity contribution is 0.0717. The largest absolute Gasteiger partial charge is 0.327 e. The van der Waals surface area contributed by atoms with Crippen LogP contribution in [0.2, 0.25) is 0 Å². The molecule has 1 aliphatic heterocycles. The van der Waals surface area contributed by atoms with Crippen LogP contribution in [-0.2, 0) is 6.42 Å². The fraction of sp³-hybridized carbons (Fsp3) is 0.350. The number of H-pyrrole nitrogens is 1. The van der Waals surface area contributed by atoms with E-state index in [1.54, 1.807) is 11.8 Å². The van der Waals surface area contributed by atoms with Gasteiger partial charge in [0, 0.05) is 24.2 Å². The smallest absolute Gasteiger partial charge is 0.278 e. The first kappa shape index (κ1) is 18.1. The van der Waals surface area contributed by atoms with Crippen LogP contribution in [0.25, 0.3) is 0 Å². The van der Waals surface area contributed by atoms with E-state index in [9.17, 15) is 9.59 Å². The van der Waals surface area contributed by atoms with Gasteiger partial charge in [-0.05, 0) is 37.4 Å². The van der Waals surface area contributed by atoms with Crippen molar-refractivity contribution in [2.24, 2.45) is 0 Å². The van der Waals surface area contributed by atoms with Crippen LogP contribution in [0.5, 0.6) is 0 Å². The van der Waals surface area contributed by atoms with Crippen LogP contribution in [0.15, 0.2) is 39.8 Å². The zero-order chi connectivity index (χ0) is 19.7. The maximum atomic E-state index is 12.8. The molecule has 3 heterocycles. The van der Waals surface area contributed by atoms with Gasteiger partial charge in [0.15, 0.2) is 5.69 Å². The summed E-state index contributed by atoms with van der Waals surface area (Å²) < 4.78 is 4.66. The number of carbonyl (C=O) groups is 1. The first-order valence-electron chi connectivity index (χ1n) is 9.28. The molecule has 1 atom stereocenters. The number of likely N-dealkylation sites (tertiary alicyclic amines) is 1. The highest BCUT2D eigenvalue weighted by molar-refractivity contribution is 5.93. The molecule has 0 spiro atoms. The van der Waals surface area contributed by atoms with Crippen LogP contribution in [0.3, 0.4) is 0 Å². The zero-order valence-corrected chi connectivity index (χ0v) is 15.8. The molecule has 1 fully saturated rings. The Hall–Kier alpha value is -3.29. The predicted octanol–water partition coefficient (Wildman–Crippen LogP) is 2.34. The number of amides is 1. The SMILES string of the molecule is Cc1nonc1C(=O)N1CCCC1c1nc(C)c(Cc2ccccc2)c(=O)[nH]1. The Morgan fingerprint density at radius 2 is 2.00 bits per heavy atom. The average molecular weight is 379 g/mol. The number of aryl methyl sites for hydroxylation is 2. The van der Waals surface area contributed by atoms with Crippen LogP contribution < -0.4 is 5.56 Å². The highest BCUT2D eigenvalue weighted by atomic mass is 16.6. The maximum Gasteiger partial charge on any atom is 0.278 e. The van der Waals surface area contributed by atoms with Crippen LogP contribution >= 0.6 is 0 Å². The molecule has 8 nitrogen and oxygen atoms in total. The third-order valence-electron chi connectivity index (χ3n) is 5.15.